The number of carbonyl (C=O) groups is 1. The van der Waals surface area contributed by atoms with E-state index in [4.69, 9.17) is 4.74 Å². The number of anilines is 1. The molecule has 4 nitrogen and oxygen atoms in total. The van der Waals surface area contributed by atoms with Crippen LogP contribution in [-0.2, 0) is 0 Å². The summed E-state index contributed by atoms with van der Waals surface area (Å²) in [4.78, 5) is 18.6. The summed E-state index contributed by atoms with van der Waals surface area (Å²) in [6.07, 6.45) is 0.906. The number of methoxy groups -OCH3 is 1. The van der Waals surface area contributed by atoms with Crippen LogP contribution in [0.25, 0.3) is 10.4 Å². The average molecular weight is 411 g/mol. The number of ether oxygens (including phenoxy) is 1. The van der Waals surface area contributed by atoms with Crippen LogP contribution in [0.4, 0.5) is 10.1 Å². The lowest BCUT2D eigenvalue weighted by molar-refractivity contribution is 0.0772. The molecule has 1 amide bonds. The molecule has 0 saturated carbocycles. The molecule has 1 aliphatic rings. The fourth-order valence-electron chi connectivity index (χ4n) is 3.59. The van der Waals surface area contributed by atoms with E-state index >= 15 is 0 Å². The molecule has 0 bridgehead atoms. The monoisotopic (exact) mass is 410 g/mol. The minimum atomic E-state index is -0.266. The SMILES string of the molecule is COc1ccc(N2CCCN(C(=O)c3ccc(-c4ccccc4F)s3)CC2)cc1. The number of halogens is 1. The summed E-state index contributed by atoms with van der Waals surface area (Å²) in [5.41, 5.74) is 1.68. The Labute approximate surface area is 174 Å². The summed E-state index contributed by atoms with van der Waals surface area (Å²) < 4.78 is 19.3. The molecule has 1 fully saturated rings. The Bertz CT molecular complexity index is 987. The molecule has 6 heteroatoms. The van der Waals surface area contributed by atoms with E-state index in [1.807, 2.05) is 29.2 Å². The molecule has 2 heterocycles. The van der Waals surface area contributed by atoms with Gasteiger partial charge in [-0.15, -0.1) is 11.3 Å². The molecular weight excluding hydrogens is 387 g/mol. The summed E-state index contributed by atoms with van der Waals surface area (Å²) in [7, 11) is 1.66. The second-order valence-corrected chi connectivity index (χ2v) is 8.06. The third kappa shape index (κ3) is 4.27. The highest BCUT2D eigenvalue weighted by atomic mass is 32.1. The van der Waals surface area contributed by atoms with Crippen LogP contribution in [0.2, 0.25) is 0 Å². The second-order valence-electron chi connectivity index (χ2n) is 6.97. The van der Waals surface area contributed by atoms with Gasteiger partial charge in [0.05, 0.1) is 12.0 Å². The highest BCUT2D eigenvalue weighted by Crippen LogP contribution is 2.31. The topological polar surface area (TPSA) is 32.8 Å². The van der Waals surface area contributed by atoms with Crippen LogP contribution in [0.3, 0.4) is 0 Å². The molecule has 0 radical (unpaired) electrons. The first-order valence-electron chi connectivity index (χ1n) is 9.69. The average Bonchev–Trinajstić information content (AvgIpc) is 3.11. The maximum absolute atomic E-state index is 14.0. The number of carbonyl (C=O) groups excluding carboxylic acids is 1. The second kappa shape index (κ2) is 8.66. The van der Waals surface area contributed by atoms with Gasteiger partial charge in [0.2, 0.25) is 0 Å². The Hall–Kier alpha value is -2.86. The lowest BCUT2D eigenvalue weighted by Gasteiger charge is -2.23. The van der Waals surface area contributed by atoms with Crippen molar-refractivity contribution < 1.29 is 13.9 Å². The van der Waals surface area contributed by atoms with E-state index in [1.165, 1.54) is 17.4 Å². The van der Waals surface area contributed by atoms with Gasteiger partial charge < -0.3 is 14.5 Å². The van der Waals surface area contributed by atoms with E-state index in [9.17, 15) is 9.18 Å². The molecule has 150 valence electrons. The van der Waals surface area contributed by atoms with Gasteiger partial charge in [0.15, 0.2) is 0 Å². The molecule has 4 rings (SSSR count). The molecule has 1 aliphatic heterocycles. The number of thiophene rings is 1. The van der Waals surface area contributed by atoms with E-state index in [1.54, 1.807) is 25.3 Å². The van der Waals surface area contributed by atoms with Gasteiger partial charge in [0.25, 0.3) is 5.91 Å². The van der Waals surface area contributed by atoms with Crippen LogP contribution in [0.15, 0.2) is 60.7 Å². The van der Waals surface area contributed by atoms with Crippen LogP contribution < -0.4 is 9.64 Å². The van der Waals surface area contributed by atoms with Crippen LogP contribution in [0.5, 0.6) is 5.75 Å². The van der Waals surface area contributed by atoms with E-state index < -0.39 is 0 Å². The number of hydrogen-bond acceptors (Lipinski definition) is 4. The number of nitrogens with zero attached hydrogens (tertiary/aromatic N) is 2. The van der Waals surface area contributed by atoms with E-state index in [0.29, 0.717) is 17.0 Å². The summed E-state index contributed by atoms with van der Waals surface area (Å²) in [6.45, 7) is 3.07. The molecule has 2 aromatic carbocycles. The number of rotatable bonds is 4. The van der Waals surface area contributed by atoms with Crippen molar-refractivity contribution in [2.24, 2.45) is 0 Å². The largest absolute Gasteiger partial charge is 0.497 e. The first-order chi connectivity index (χ1) is 14.2. The molecule has 1 saturated heterocycles. The standard InChI is InChI=1S/C23H23FN2O2S/c1-28-18-9-7-17(8-10-18)25-13-4-14-26(16-15-25)23(27)22-12-11-21(29-22)19-5-2-3-6-20(19)24/h2-3,5-12H,4,13-16H2,1H3. The number of benzene rings is 2. The van der Waals surface area contributed by atoms with Crippen molar-refractivity contribution in [3.8, 4) is 16.2 Å². The van der Waals surface area contributed by atoms with Crippen LogP contribution in [0, 0.1) is 5.82 Å². The van der Waals surface area contributed by atoms with Crippen LogP contribution >= 0.6 is 11.3 Å². The molecule has 3 aromatic rings. The van der Waals surface area contributed by atoms with Crippen LogP contribution in [0.1, 0.15) is 16.1 Å². The first kappa shape index (κ1) is 19.5. The van der Waals surface area contributed by atoms with Gasteiger partial charge in [-0.05, 0) is 48.9 Å². The first-order valence-corrected chi connectivity index (χ1v) is 10.5. The molecule has 1 aromatic heterocycles. The third-order valence-corrected chi connectivity index (χ3v) is 6.28. The van der Waals surface area contributed by atoms with Crippen molar-refractivity contribution >= 4 is 22.9 Å². The lowest BCUT2D eigenvalue weighted by Crippen LogP contribution is -2.34. The van der Waals surface area contributed by atoms with Gasteiger partial charge >= 0.3 is 0 Å². The van der Waals surface area contributed by atoms with Gasteiger partial charge in [-0.2, -0.15) is 0 Å². The zero-order chi connectivity index (χ0) is 20.2. The van der Waals surface area contributed by atoms with Crippen molar-refractivity contribution in [2.75, 3.05) is 38.2 Å². The summed E-state index contributed by atoms with van der Waals surface area (Å²) in [6, 6.07) is 18.3. The van der Waals surface area contributed by atoms with Crippen molar-refractivity contribution in [1.82, 2.24) is 4.90 Å². The maximum Gasteiger partial charge on any atom is 0.264 e. The quantitative estimate of drug-likeness (QED) is 0.612. The predicted octanol–water partition coefficient (Wildman–Crippen LogP) is 4.92. The molecule has 0 atom stereocenters. The molecule has 29 heavy (non-hydrogen) atoms. The normalized spacial score (nSPS) is 14.6. The Kier molecular flexibility index (Phi) is 5.81. The van der Waals surface area contributed by atoms with Gasteiger partial charge in [-0.25, -0.2) is 4.39 Å². The zero-order valence-corrected chi connectivity index (χ0v) is 17.1. The fourth-order valence-corrected chi connectivity index (χ4v) is 4.59. The predicted molar refractivity (Wildman–Crippen MR) is 115 cm³/mol. The van der Waals surface area contributed by atoms with Gasteiger partial charge in [0.1, 0.15) is 11.6 Å². The van der Waals surface area contributed by atoms with Crippen molar-refractivity contribution in [1.29, 1.82) is 0 Å². The lowest BCUT2D eigenvalue weighted by atomic mass is 10.2. The smallest absolute Gasteiger partial charge is 0.264 e. The van der Waals surface area contributed by atoms with E-state index in [2.05, 4.69) is 17.0 Å². The zero-order valence-electron chi connectivity index (χ0n) is 16.3. The Morgan fingerprint density at radius 2 is 1.76 bits per heavy atom. The van der Waals surface area contributed by atoms with E-state index in [0.717, 1.165) is 42.4 Å². The van der Waals surface area contributed by atoms with Crippen LogP contribution in [-0.4, -0.2) is 44.1 Å². The Morgan fingerprint density at radius 1 is 0.966 bits per heavy atom. The van der Waals surface area contributed by atoms with Crippen molar-refractivity contribution in [2.45, 2.75) is 6.42 Å². The molecule has 0 unspecified atom stereocenters. The Morgan fingerprint density at radius 3 is 2.52 bits per heavy atom. The highest BCUT2D eigenvalue weighted by molar-refractivity contribution is 7.17. The molecule has 0 aliphatic carbocycles. The molecular formula is C23H23FN2O2S. The van der Waals surface area contributed by atoms with E-state index in [-0.39, 0.29) is 11.7 Å². The number of amides is 1. The summed E-state index contributed by atoms with van der Waals surface area (Å²) in [5.74, 6) is 0.594. The molecule has 0 spiro atoms. The number of hydrogen-bond donors (Lipinski definition) is 0. The fraction of sp³-hybridized carbons (Fsp3) is 0.261. The Balaban J connectivity index is 1.44. The minimum Gasteiger partial charge on any atom is -0.497 e. The maximum atomic E-state index is 14.0. The third-order valence-electron chi connectivity index (χ3n) is 5.18. The minimum absolute atomic E-state index is 0.0224. The summed E-state index contributed by atoms with van der Waals surface area (Å²) >= 11 is 1.35. The van der Waals surface area contributed by atoms with Crippen molar-refractivity contribution in [3.63, 3.8) is 0 Å². The van der Waals surface area contributed by atoms with Crippen molar-refractivity contribution in [3.05, 3.63) is 71.4 Å². The highest BCUT2D eigenvalue weighted by Gasteiger charge is 2.22. The van der Waals surface area contributed by atoms with Gasteiger partial charge in [-0.3, -0.25) is 4.79 Å². The summed E-state index contributed by atoms with van der Waals surface area (Å²) in [5, 5.41) is 0. The van der Waals surface area contributed by atoms with Gasteiger partial charge in [0, 0.05) is 42.3 Å². The van der Waals surface area contributed by atoms with Gasteiger partial charge in [-0.1, -0.05) is 18.2 Å². The molecule has 0 N–H and O–H groups in total.